The highest BCUT2D eigenvalue weighted by Crippen LogP contribution is 2.39. The van der Waals surface area contributed by atoms with Gasteiger partial charge in [-0.3, -0.25) is 9.80 Å². The molecule has 0 N–H and O–H groups in total. The molecule has 4 aliphatic rings. The number of amides is 1. The van der Waals surface area contributed by atoms with Crippen LogP contribution in [0.2, 0.25) is 0 Å². The van der Waals surface area contributed by atoms with Crippen molar-refractivity contribution in [1.82, 2.24) is 9.80 Å². The van der Waals surface area contributed by atoms with E-state index in [-0.39, 0.29) is 18.2 Å². The Morgan fingerprint density at radius 2 is 1.69 bits per heavy atom. The smallest absolute Gasteiger partial charge is 0.411 e. The van der Waals surface area contributed by atoms with Gasteiger partial charge in [-0.15, -0.1) is 0 Å². The van der Waals surface area contributed by atoms with E-state index in [0.717, 1.165) is 38.0 Å². The Morgan fingerprint density at radius 1 is 0.962 bits per heavy atom. The topological polar surface area (TPSA) is 32.8 Å². The summed E-state index contributed by atoms with van der Waals surface area (Å²) in [6.07, 6.45) is 2.18. The highest BCUT2D eigenvalue weighted by Gasteiger charge is 2.40. The number of hydrogen-bond donors (Lipinski definition) is 0. The third-order valence-corrected chi connectivity index (χ3v) is 6.20. The second kappa shape index (κ2) is 6.44. The number of nitrogens with zero attached hydrogens (tertiary/aromatic N) is 2. The maximum atomic E-state index is 13.1. The minimum atomic E-state index is -0.172. The minimum absolute atomic E-state index is 0.0464. The van der Waals surface area contributed by atoms with Crippen LogP contribution < -0.4 is 0 Å². The van der Waals surface area contributed by atoms with Crippen molar-refractivity contribution in [2.45, 2.75) is 31.5 Å². The van der Waals surface area contributed by atoms with Gasteiger partial charge in [0.05, 0.1) is 12.6 Å². The van der Waals surface area contributed by atoms with Gasteiger partial charge < -0.3 is 4.74 Å². The Labute approximate surface area is 154 Å². The Bertz CT molecular complexity index is 799. The zero-order valence-electron chi connectivity index (χ0n) is 14.9. The second-order valence-corrected chi connectivity index (χ2v) is 7.70. The summed E-state index contributed by atoms with van der Waals surface area (Å²) >= 11 is 0. The molecule has 4 heteroatoms. The monoisotopic (exact) mass is 348 g/mol. The summed E-state index contributed by atoms with van der Waals surface area (Å²) < 4.78 is 6.04. The number of fused-ring (bicyclic) bond motifs is 4. The van der Waals surface area contributed by atoms with Crippen LogP contribution in [0.5, 0.6) is 0 Å². The number of piperidine rings is 3. The average molecular weight is 348 g/mol. The van der Waals surface area contributed by atoms with Gasteiger partial charge in [0.2, 0.25) is 0 Å². The first-order valence-electron chi connectivity index (χ1n) is 9.62. The Kier molecular flexibility index (Phi) is 3.93. The molecule has 4 nitrogen and oxygen atoms in total. The van der Waals surface area contributed by atoms with Crippen LogP contribution in [0, 0.1) is 5.92 Å². The highest BCUT2D eigenvalue weighted by molar-refractivity contribution is 5.71. The van der Waals surface area contributed by atoms with Crippen molar-refractivity contribution in [3.63, 3.8) is 0 Å². The zero-order valence-corrected chi connectivity index (χ0v) is 14.9. The Morgan fingerprint density at radius 3 is 2.42 bits per heavy atom. The summed E-state index contributed by atoms with van der Waals surface area (Å²) in [5.41, 5.74) is 3.57. The predicted octanol–water partition coefficient (Wildman–Crippen LogP) is 3.82. The number of ether oxygens (including phenoxy) is 1. The lowest BCUT2D eigenvalue weighted by Crippen LogP contribution is -2.52. The summed E-state index contributed by atoms with van der Waals surface area (Å²) in [7, 11) is 0. The number of carbonyl (C=O) groups excluding carboxylic acids is 1. The number of hydrogen-bond acceptors (Lipinski definition) is 3. The van der Waals surface area contributed by atoms with E-state index in [2.05, 4.69) is 35.2 Å². The molecule has 4 heterocycles. The van der Waals surface area contributed by atoms with Gasteiger partial charge in [-0.1, -0.05) is 54.6 Å². The molecule has 2 aromatic rings. The first kappa shape index (κ1) is 15.9. The molecular weight excluding hydrogens is 324 g/mol. The van der Waals surface area contributed by atoms with E-state index < -0.39 is 0 Å². The molecule has 26 heavy (non-hydrogen) atoms. The van der Waals surface area contributed by atoms with Crippen LogP contribution >= 0.6 is 0 Å². The summed E-state index contributed by atoms with van der Waals surface area (Å²) in [5.74, 6) is 0.532. The highest BCUT2D eigenvalue weighted by atomic mass is 16.6. The molecule has 4 aliphatic heterocycles. The molecule has 2 atom stereocenters. The van der Waals surface area contributed by atoms with Gasteiger partial charge in [0.25, 0.3) is 0 Å². The van der Waals surface area contributed by atoms with E-state index in [1.54, 1.807) is 0 Å². The molecule has 0 aliphatic carbocycles. The summed E-state index contributed by atoms with van der Waals surface area (Å²) in [5, 5.41) is 0. The molecule has 0 aromatic heterocycles. The maximum Gasteiger partial charge on any atom is 0.411 e. The minimum Gasteiger partial charge on any atom is -0.444 e. The molecule has 6 rings (SSSR count). The predicted molar refractivity (Wildman–Crippen MR) is 99.7 cm³/mol. The zero-order chi connectivity index (χ0) is 17.5. The number of carbonyl (C=O) groups is 1. The van der Waals surface area contributed by atoms with Crippen molar-refractivity contribution >= 4 is 6.09 Å². The Balaban J connectivity index is 1.41. The maximum absolute atomic E-state index is 13.1. The molecule has 3 saturated heterocycles. The van der Waals surface area contributed by atoms with Crippen molar-refractivity contribution in [3.8, 4) is 0 Å². The molecule has 0 spiro atoms. The molecular formula is C22H24N2O2. The summed E-state index contributed by atoms with van der Waals surface area (Å²) in [6.45, 7) is 3.82. The fourth-order valence-electron chi connectivity index (χ4n) is 4.79. The van der Waals surface area contributed by atoms with Crippen molar-refractivity contribution < 1.29 is 9.53 Å². The van der Waals surface area contributed by atoms with E-state index in [0.29, 0.717) is 12.5 Å². The van der Waals surface area contributed by atoms with Crippen LogP contribution in [0.25, 0.3) is 0 Å². The molecule has 2 bridgehead atoms. The third-order valence-electron chi connectivity index (χ3n) is 6.20. The first-order chi connectivity index (χ1) is 12.8. The fraction of sp³-hybridized carbons (Fsp3) is 0.409. The molecule has 2 aromatic carbocycles. The van der Waals surface area contributed by atoms with Gasteiger partial charge >= 0.3 is 6.09 Å². The fourth-order valence-corrected chi connectivity index (χ4v) is 4.79. The van der Waals surface area contributed by atoms with Gasteiger partial charge in [0.15, 0.2) is 0 Å². The van der Waals surface area contributed by atoms with Gasteiger partial charge in [-0.25, -0.2) is 4.79 Å². The number of rotatable bonds is 2. The molecule has 0 saturated carbocycles. The van der Waals surface area contributed by atoms with Crippen LogP contribution in [0.3, 0.4) is 0 Å². The van der Waals surface area contributed by atoms with Crippen molar-refractivity contribution in [3.05, 3.63) is 71.3 Å². The van der Waals surface area contributed by atoms with Gasteiger partial charge in [-0.05, 0) is 48.5 Å². The van der Waals surface area contributed by atoms with E-state index in [1.807, 2.05) is 29.2 Å². The van der Waals surface area contributed by atoms with E-state index in [1.165, 1.54) is 11.1 Å². The van der Waals surface area contributed by atoms with Gasteiger partial charge in [0, 0.05) is 6.54 Å². The molecule has 3 fully saturated rings. The van der Waals surface area contributed by atoms with E-state index in [4.69, 9.17) is 4.74 Å². The van der Waals surface area contributed by atoms with Crippen LogP contribution in [0.15, 0.2) is 54.6 Å². The van der Waals surface area contributed by atoms with Crippen LogP contribution in [0.4, 0.5) is 4.79 Å². The third kappa shape index (κ3) is 2.69. The number of benzene rings is 2. The van der Waals surface area contributed by atoms with E-state index >= 15 is 0 Å². The van der Waals surface area contributed by atoms with Crippen molar-refractivity contribution in [2.24, 2.45) is 5.92 Å². The van der Waals surface area contributed by atoms with Gasteiger partial charge in [-0.2, -0.15) is 0 Å². The van der Waals surface area contributed by atoms with Crippen molar-refractivity contribution in [1.29, 1.82) is 0 Å². The first-order valence-corrected chi connectivity index (χ1v) is 9.62. The van der Waals surface area contributed by atoms with Crippen LogP contribution in [-0.4, -0.2) is 41.6 Å². The van der Waals surface area contributed by atoms with Crippen LogP contribution in [0.1, 0.15) is 35.6 Å². The largest absolute Gasteiger partial charge is 0.444 e. The standard InChI is InChI=1S/C22H24N2O2/c25-22(26-20-15-23-12-10-16(20)11-13-23)24-14-18-8-4-5-9-19(18)21(24)17-6-2-1-3-7-17/h1-9,16,20-21H,10-15H2/t20-,21+/m1/s1. The van der Waals surface area contributed by atoms with Crippen LogP contribution in [-0.2, 0) is 11.3 Å². The van der Waals surface area contributed by atoms with Crippen molar-refractivity contribution in [2.75, 3.05) is 19.6 Å². The van der Waals surface area contributed by atoms with Gasteiger partial charge in [0.1, 0.15) is 6.10 Å². The SMILES string of the molecule is O=C(O[C@@H]1CN2CCC1CC2)N1Cc2ccccc2[C@@H]1c1ccccc1. The molecule has 134 valence electrons. The second-order valence-electron chi connectivity index (χ2n) is 7.70. The molecule has 0 radical (unpaired) electrons. The average Bonchev–Trinajstić information content (AvgIpc) is 3.09. The molecule has 0 unspecified atom stereocenters. The lowest BCUT2D eigenvalue weighted by molar-refractivity contribution is -0.0454. The summed E-state index contributed by atoms with van der Waals surface area (Å²) in [6, 6.07) is 18.6. The Hall–Kier alpha value is -2.33. The molecule has 1 amide bonds. The normalized spacial score (nSPS) is 29.5. The quantitative estimate of drug-likeness (QED) is 0.827. The lowest BCUT2D eigenvalue weighted by Gasteiger charge is -2.44. The summed E-state index contributed by atoms with van der Waals surface area (Å²) in [4.78, 5) is 17.4. The van der Waals surface area contributed by atoms with E-state index in [9.17, 15) is 4.79 Å². The lowest BCUT2D eigenvalue weighted by atomic mass is 9.86.